The monoisotopic (exact) mass is 507 g/mol. The van der Waals surface area contributed by atoms with Crippen LogP contribution in [0.15, 0.2) is 60.9 Å². The molecule has 0 saturated carbocycles. The molecule has 0 unspecified atom stereocenters. The van der Waals surface area contributed by atoms with Crippen LogP contribution < -0.4 is 14.8 Å². The summed E-state index contributed by atoms with van der Waals surface area (Å²) in [5.41, 5.74) is 4.95. The predicted molar refractivity (Wildman–Crippen MR) is 145 cm³/mol. The van der Waals surface area contributed by atoms with Gasteiger partial charge in [0.05, 0.1) is 36.9 Å². The van der Waals surface area contributed by atoms with E-state index in [1.54, 1.807) is 20.2 Å². The minimum Gasteiger partial charge on any atom is -0.494 e. The van der Waals surface area contributed by atoms with Gasteiger partial charge in [0.15, 0.2) is 5.75 Å². The summed E-state index contributed by atoms with van der Waals surface area (Å²) in [5, 5.41) is 3.75. The topological polar surface area (TPSA) is 81.0 Å². The standard InChI is InChI=1S/C30H29N5O3/c1-3-7-27(36)34-14-12-22(13-15-34)32-25-19-38-26-16-21(10-11-24(25)26)28-29(20-8-5-4-6-9-20)35-18-23(37-2)17-31-30(35)33-28/h4-6,8-11,16-18,22,25,32H,12-15,19H2,1-2H3/t25-/m0/s1. The first kappa shape index (κ1) is 24.0. The van der Waals surface area contributed by atoms with Crippen molar-refractivity contribution < 1.29 is 14.3 Å². The molecule has 1 saturated heterocycles. The van der Waals surface area contributed by atoms with E-state index in [9.17, 15) is 4.79 Å². The van der Waals surface area contributed by atoms with E-state index >= 15 is 0 Å². The molecule has 1 fully saturated rings. The number of fused-ring (bicyclic) bond motifs is 2. The average molecular weight is 508 g/mol. The van der Waals surface area contributed by atoms with Crippen LogP contribution in [0.1, 0.15) is 31.4 Å². The molecule has 8 nitrogen and oxygen atoms in total. The fourth-order valence-corrected chi connectivity index (χ4v) is 5.31. The van der Waals surface area contributed by atoms with Crippen molar-refractivity contribution in [3.05, 3.63) is 66.5 Å². The van der Waals surface area contributed by atoms with Crippen LogP contribution in [0.3, 0.4) is 0 Å². The van der Waals surface area contributed by atoms with E-state index in [1.807, 2.05) is 33.7 Å². The molecule has 38 heavy (non-hydrogen) atoms. The van der Waals surface area contributed by atoms with E-state index < -0.39 is 0 Å². The smallest absolute Gasteiger partial charge is 0.298 e. The summed E-state index contributed by atoms with van der Waals surface area (Å²) in [6, 6.07) is 17.0. The van der Waals surface area contributed by atoms with Crippen LogP contribution >= 0.6 is 0 Å². The van der Waals surface area contributed by atoms with Crippen molar-refractivity contribution in [2.24, 2.45) is 0 Å². The highest BCUT2D eigenvalue weighted by Gasteiger charge is 2.30. The van der Waals surface area contributed by atoms with Crippen molar-refractivity contribution in [3.63, 3.8) is 0 Å². The number of methoxy groups -OCH3 is 1. The van der Waals surface area contributed by atoms with E-state index in [-0.39, 0.29) is 11.9 Å². The van der Waals surface area contributed by atoms with Crippen LogP contribution in [0, 0.1) is 11.8 Å². The first-order valence-electron chi connectivity index (χ1n) is 12.9. The van der Waals surface area contributed by atoms with Crippen LogP contribution in [0.2, 0.25) is 0 Å². The molecule has 2 aliphatic heterocycles. The number of rotatable bonds is 5. The van der Waals surface area contributed by atoms with Gasteiger partial charge in [-0.15, -0.1) is 0 Å². The molecule has 4 aromatic rings. The molecule has 0 bridgehead atoms. The third kappa shape index (κ3) is 4.46. The number of hydrogen-bond donors (Lipinski definition) is 1. The summed E-state index contributed by atoms with van der Waals surface area (Å²) in [6.45, 7) is 3.72. The van der Waals surface area contributed by atoms with Gasteiger partial charge >= 0.3 is 0 Å². The average Bonchev–Trinajstić information content (AvgIpc) is 3.54. The molecule has 6 rings (SSSR count). The number of amides is 1. The molecule has 2 aromatic carbocycles. The largest absolute Gasteiger partial charge is 0.494 e. The van der Waals surface area contributed by atoms with Crippen molar-refractivity contribution in [3.8, 4) is 45.9 Å². The third-order valence-electron chi connectivity index (χ3n) is 7.26. The number of ether oxygens (including phenoxy) is 2. The Bertz CT molecular complexity index is 1540. The maximum Gasteiger partial charge on any atom is 0.298 e. The molecule has 192 valence electrons. The number of aromatic nitrogens is 3. The molecule has 1 amide bonds. The zero-order valence-electron chi connectivity index (χ0n) is 21.5. The number of benzene rings is 2. The van der Waals surface area contributed by atoms with Crippen molar-refractivity contribution in [2.75, 3.05) is 26.8 Å². The summed E-state index contributed by atoms with van der Waals surface area (Å²) in [4.78, 5) is 23.3. The molecule has 2 aliphatic rings. The summed E-state index contributed by atoms with van der Waals surface area (Å²) in [7, 11) is 1.63. The maximum absolute atomic E-state index is 12.1. The van der Waals surface area contributed by atoms with Crippen LogP contribution in [-0.4, -0.2) is 58.0 Å². The van der Waals surface area contributed by atoms with Crippen molar-refractivity contribution in [1.82, 2.24) is 24.6 Å². The lowest BCUT2D eigenvalue weighted by atomic mass is 9.99. The number of carbonyl (C=O) groups is 1. The van der Waals surface area contributed by atoms with Crippen LogP contribution in [0.5, 0.6) is 11.5 Å². The van der Waals surface area contributed by atoms with E-state index in [0.29, 0.717) is 24.2 Å². The van der Waals surface area contributed by atoms with Gasteiger partial charge in [0.1, 0.15) is 12.4 Å². The predicted octanol–water partition coefficient (Wildman–Crippen LogP) is 4.11. The number of carbonyl (C=O) groups excluding carboxylic acids is 1. The Morgan fingerprint density at radius 3 is 2.71 bits per heavy atom. The third-order valence-corrected chi connectivity index (χ3v) is 7.26. The Balaban J connectivity index is 1.26. The molecule has 4 heterocycles. The van der Waals surface area contributed by atoms with Gasteiger partial charge in [-0.2, -0.15) is 0 Å². The zero-order chi connectivity index (χ0) is 26.1. The van der Waals surface area contributed by atoms with Gasteiger partial charge in [-0.25, -0.2) is 9.97 Å². The lowest BCUT2D eigenvalue weighted by Crippen LogP contribution is -2.45. The molecule has 1 atom stereocenters. The SMILES string of the molecule is CC#CC(=O)N1CCC(N[C@H]2COc3cc(-c4nc5ncc(OC)cn5c4-c4ccccc4)ccc32)CC1. The minimum atomic E-state index is -0.0801. The van der Waals surface area contributed by atoms with Crippen LogP contribution in [0.4, 0.5) is 0 Å². The number of piperidine rings is 1. The first-order valence-corrected chi connectivity index (χ1v) is 12.9. The van der Waals surface area contributed by atoms with Gasteiger partial charge in [-0.3, -0.25) is 9.20 Å². The minimum absolute atomic E-state index is 0.0801. The summed E-state index contributed by atoms with van der Waals surface area (Å²) >= 11 is 0. The highest BCUT2D eigenvalue weighted by atomic mass is 16.5. The van der Waals surface area contributed by atoms with Gasteiger partial charge in [-0.1, -0.05) is 48.4 Å². The normalized spacial score (nSPS) is 17.0. The van der Waals surface area contributed by atoms with Gasteiger partial charge in [-0.05, 0) is 31.8 Å². The van der Waals surface area contributed by atoms with Gasteiger partial charge in [0.25, 0.3) is 5.91 Å². The number of imidazole rings is 1. The maximum atomic E-state index is 12.1. The highest BCUT2D eigenvalue weighted by Crippen LogP contribution is 2.39. The van der Waals surface area contributed by atoms with Crippen molar-refractivity contribution in [1.29, 1.82) is 0 Å². The Kier molecular flexibility index (Phi) is 6.44. The number of nitrogens with one attached hydrogen (secondary N) is 1. The van der Waals surface area contributed by atoms with Gasteiger partial charge in [0, 0.05) is 35.8 Å². The molecule has 0 spiro atoms. The second-order valence-corrected chi connectivity index (χ2v) is 9.56. The lowest BCUT2D eigenvalue weighted by molar-refractivity contribution is -0.126. The molecule has 8 heteroatoms. The molecule has 1 N–H and O–H groups in total. The fourth-order valence-electron chi connectivity index (χ4n) is 5.31. The lowest BCUT2D eigenvalue weighted by Gasteiger charge is -2.32. The van der Waals surface area contributed by atoms with Gasteiger partial charge in [0.2, 0.25) is 5.78 Å². The van der Waals surface area contributed by atoms with Gasteiger partial charge < -0.3 is 19.7 Å². The van der Waals surface area contributed by atoms with Crippen molar-refractivity contribution >= 4 is 11.7 Å². The fraction of sp³-hybridized carbons (Fsp3) is 0.300. The number of nitrogens with zero attached hydrogens (tertiary/aromatic N) is 4. The Morgan fingerprint density at radius 2 is 1.95 bits per heavy atom. The van der Waals surface area contributed by atoms with E-state index in [1.165, 1.54) is 0 Å². The molecule has 0 radical (unpaired) electrons. The molecular formula is C30H29N5O3. The second kappa shape index (κ2) is 10.2. The quantitative estimate of drug-likeness (QED) is 0.410. The van der Waals surface area contributed by atoms with E-state index in [4.69, 9.17) is 14.5 Å². The Morgan fingerprint density at radius 1 is 1.13 bits per heavy atom. The first-order chi connectivity index (χ1) is 18.6. The zero-order valence-corrected chi connectivity index (χ0v) is 21.5. The summed E-state index contributed by atoms with van der Waals surface area (Å²) in [6.07, 6.45) is 5.40. The van der Waals surface area contributed by atoms with E-state index in [2.05, 4.69) is 52.5 Å². The summed E-state index contributed by atoms with van der Waals surface area (Å²) in [5.74, 6) is 7.40. The molecule has 2 aromatic heterocycles. The van der Waals surface area contributed by atoms with Crippen molar-refractivity contribution in [2.45, 2.75) is 31.8 Å². The summed E-state index contributed by atoms with van der Waals surface area (Å²) < 4.78 is 13.6. The number of hydrogen-bond acceptors (Lipinski definition) is 6. The van der Waals surface area contributed by atoms with E-state index in [0.717, 1.165) is 59.8 Å². The second-order valence-electron chi connectivity index (χ2n) is 9.56. The van der Waals surface area contributed by atoms with Crippen LogP contribution in [0.25, 0.3) is 28.3 Å². The number of likely N-dealkylation sites (tertiary alicyclic amines) is 1. The van der Waals surface area contributed by atoms with Crippen LogP contribution in [-0.2, 0) is 4.79 Å². The molecule has 0 aliphatic carbocycles. The molecular weight excluding hydrogens is 478 g/mol. The Hall–Kier alpha value is -4.35. The Labute approximate surface area is 221 Å². The highest BCUT2D eigenvalue weighted by molar-refractivity contribution is 5.93.